The van der Waals surface area contributed by atoms with Crippen LogP contribution in [0.25, 0.3) is 6.08 Å². The summed E-state index contributed by atoms with van der Waals surface area (Å²) in [6, 6.07) is 15.6. The Bertz CT molecular complexity index is 1360. The molecule has 0 radical (unpaired) electrons. The molecule has 8 nitrogen and oxygen atoms in total. The van der Waals surface area contributed by atoms with Gasteiger partial charge in [-0.15, -0.1) is 22.7 Å². The largest absolute Gasteiger partial charge is 0.321 e. The van der Waals surface area contributed by atoms with E-state index in [1.54, 1.807) is 47.9 Å². The lowest BCUT2D eigenvalue weighted by atomic mass is 10.2. The van der Waals surface area contributed by atoms with Crippen molar-refractivity contribution in [2.24, 2.45) is 0 Å². The molecule has 35 heavy (non-hydrogen) atoms. The van der Waals surface area contributed by atoms with Crippen molar-refractivity contribution in [2.45, 2.75) is 18.7 Å². The van der Waals surface area contributed by atoms with E-state index in [0.717, 1.165) is 16.3 Å². The number of hydrogen-bond donors (Lipinski definition) is 3. The number of benzene rings is 1. The van der Waals surface area contributed by atoms with Crippen LogP contribution >= 0.6 is 22.7 Å². The van der Waals surface area contributed by atoms with Crippen LogP contribution in [0.2, 0.25) is 0 Å². The molecule has 0 aliphatic heterocycles. The molecule has 1 atom stereocenters. The highest BCUT2D eigenvalue weighted by atomic mass is 32.2. The topological polar surface area (TPSA) is 113 Å². The standard InChI is InChI=1S/C24H21N5O3S3/c1-15-13-16(2)26-24(25-15)29-35(32)19-9-7-17(8-10-19)27-22(30)20(14-18-5-3-11-33-18)28-23(31)21-6-4-12-34-21/h3-14H,1-2H3,(H,27,30)(H,28,31)(H,25,26,29)/b20-14+. The van der Waals surface area contributed by atoms with E-state index in [2.05, 4.69) is 25.3 Å². The summed E-state index contributed by atoms with van der Waals surface area (Å²) in [5, 5.41) is 9.16. The molecule has 3 aromatic heterocycles. The fourth-order valence-electron chi connectivity index (χ4n) is 3.04. The van der Waals surface area contributed by atoms with Gasteiger partial charge in [0.2, 0.25) is 5.95 Å². The Morgan fingerprint density at radius 2 is 1.63 bits per heavy atom. The second-order valence-corrected chi connectivity index (χ2v) is 10.5. The molecular formula is C24H21N5O3S3. The molecule has 1 unspecified atom stereocenters. The van der Waals surface area contributed by atoms with E-state index in [1.165, 1.54) is 22.7 Å². The molecule has 1 aromatic carbocycles. The van der Waals surface area contributed by atoms with Gasteiger partial charge in [-0.3, -0.25) is 14.3 Å². The van der Waals surface area contributed by atoms with E-state index >= 15 is 0 Å². The maximum absolute atomic E-state index is 13.0. The van der Waals surface area contributed by atoms with E-state index in [-0.39, 0.29) is 17.6 Å². The van der Waals surface area contributed by atoms with Gasteiger partial charge in [0, 0.05) is 22.0 Å². The Balaban J connectivity index is 1.46. The van der Waals surface area contributed by atoms with Crippen LogP contribution in [0.15, 0.2) is 75.9 Å². The summed E-state index contributed by atoms with van der Waals surface area (Å²) >= 11 is 2.74. The smallest absolute Gasteiger partial charge is 0.272 e. The third kappa shape index (κ3) is 6.69. The summed E-state index contributed by atoms with van der Waals surface area (Å²) in [5.74, 6) is -0.551. The molecule has 11 heteroatoms. The number of aryl methyl sites for hydroxylation is 2. The number of amides is 2. The molecule has 4 aromatic rings. The predicted octanol–water partition coefficient (Wildman–Crippen LogP) is 4.76. The van der Waals surface area contributed by atoms with Crippen molar-refractivity contribution < 1.29 is 13.8 Å². The number of rotatable bonds is 8. The van der Waals surface area contributed by atoms with Gasteiger partial charge in [-0.25, -0.2) is 14.2 Å². The van der Waals surface area contributed by atoms with Gasteiger partial charge in [-0.2, -0.15) is 0 Å². The SMILES string of the molecule is Cc1cc(C)nc(NS(=O)c2ccc(NC(=O)/C(=C\c3cccs3)NC(=O)c3cccs3)cc2)n1. The molecule has 0 aliphatic carbocycles. The van der Waals surface area contributed by atoms with Gasteiger partial charge < -0.3 is 10.6 Å². The molecule has 0 fully saturated rings. The monoisotopic (exact) mass is 523 g/mol. The quantitative estimate of drug-likeness (QED) is 0.288. The molecule has 0 bridgehead atoms. The molecule has 0 saturated heterocycles. The van der Waals surface area contributed by atoms with E-state index in [9.17, 15) is 13.8 Å². The molecular weight excluding hydrogens is 502 g/mol. The Hall–Kier alpha value is -3.67. The van der Waals surface area contributed by atoms with Crippen LogP contribution in [-0.2, 0) is 15.8 Å². The van der Waals surface area contributed by atoms with E-state index in [4.69, 9.17) is 0 Å². The van der Waals surface area contributed by atoms with Gasteiger partial charge in [-0.1, -0.05) is 12.1 Å². The van der Waals surface area contributed by atoms with Crippen LogP contribution in [0.1, 0.15) is 25.9 Å². The zero-order chi connectivity index (χ0) is 24.8. The van der Waals surface area contributed by atoms with Gasteiger partial charge in [0.15, 0.2) is 11.0 Å². The maximum Gasteiger partial charge on any atom is 0.272 e. The van der Waals surface area contributed by atoms with Crippen LogP contribution in [0, 0.1) is 13.8 Å². The van der Waals surface area contributed by atoms with Gasteiger partial charge in [0.25, 0.3) is 11.8 Å². The van der Waals surface area contributed by atoms with Crippen molar-refractivity contribution in [1.82, 2.24) is 15.3 Å². The highest BCUT2D eigenvalue weighted by Crippen LogP contribution is 2.18. The average Bonchev–Trinajstić information content (AvgIpc) is 3.53. The number of nitrogens with one attached hydrogen (secondary N) is 3. The van der Waals surface area contributed by atoms with E-state index < -0.39 is 16.9 Å². The normalized spacial score (nSPS) is 12.1. The molecule has 3 heterocycles. The van der Waals surface area contributed by atoms with Gasteiger partial charge in [0.05, 0.1) is 9.77 Å². The highest BCUT2D eigenvalue weighted by molar-refractivity contribution is 7.86. The number of aromatic nitrogens is 2. The minimum absolute atomic E-state index is 0.118. The van der Waals surface area contributed by atoms with Crippen LogP contribution < -0.4 is 15.4 Å². The number of thiophene rings is 2. The second kappa shape index (κ2) is 11.2. The van der Waals surface area contributed by atoms with Crippen LogP contribution in [0.3, 0.4) is 0 Å². The fraction of sp³-hybridized carbons (Fsp3) is 0.0833. The Morgan fingerprint density at radius 3 is 2.26 bits per heavy atom. The third-order valence-electron chi connectivity index (χ3n) is 4.56. The van der Waals surface area contributed by atoms with Crippen LogP contribution in [-0.4, -0.2) is 26.0 Å². The number of hydrogen-bond acceptors (Lipinski definition) is 7. The number of carbonyl (C=O) groups excluding carboxylic acids is 2. The fourth-order valence-corrected chi connectivity index (χ4v) is 5.07. The highest BCUT2D eigenvalue weighted by Gasteiger charge is 2.16. The number of nitrogens with zero attached hydrogens (tertiary/aromatic N) is 2. The lowest BCUT2D eigenvalue weighted by Gasteiger charge is -2.11. The molecule has 2 amide bonds. The first-order valence-electron chi connectivity index (χ1n) is 10.4. The first-order chi connectivity index (χ1) is 16.9. The lowest BCUT2D eigenvalue weighted by Crippen LogP contribution is -2.30. The first kappa shape index (κ1) is 24.5. The summed E-state index contributed by atoms with van der Waals surface area (Å²) in [6.07, 6.45) is 1.63. The molecule has 4 rings (SSSR count). The zero-order valence-corrected chi connectivity index (χ0v) is 21.2. The number of anilines is 2. The van der Waals surface area contributed by atoms with Crippen molar-refractivity contribution in [1.29, 1.82) is 0 Å². The van der Waals surface area contributed by atoms with Crippen molar-refractivity contribution in [2.75, 3.05) is 10.0 Å². The first-order valence-corrected chi connectivity index (χ1v) is 13.3. The summed E-state index contributed by atoms with van der Waals surface area (Å²) in [4.78, 5) is 35.8. The van der Waals surface area contributed by atoms with Crippen molar-refractivity contribution in [3.8, 4) is 0 Å². The van der Waals surface area contributed by atoms with Gasteiger partial charge in [-0.05, 0) is 73.1 Å². The molecule has 0 aliphatic rings. The molecule has 0 spiro atoms. The molecule has 3 N–H and O–H groups in total. The summed E-state index contributed by atoms with van der Waals surface area (Å²) < 4.78 is 15.5. The summed E-state index contributed by atoms with van der Waals surface area (Å²) in [6.45, 7) is 3.68. The van der Waals surface area contributed by atoms with Gasteiger partial charge >= 0.3 is 0 Å². The van der Waals surface area contributed by atoms with E-state index in [1.807, 2.05) is 37.4 Å². The summed E-state index contributed by atoms with van der Waals surface area (Å²) in [5.41, 5.74) is 2.15. The molecule has 0 saturated carbocycles. The van der Waals surface area contributed by atoms with Crippen molar-refractivity contribution in [3.05, 3.63) is 92.2 Å². The predicted molar refractivity (Wildman–Crippen MR) is 141 cm³/mol. The maximum atomic E-state index is 13.0. The minimum Gasteiger partial charge on any atom is -0.321 e. The van der Waals surface area contributed by atoms with Crippen molar-refractivity contribution >= 4 is 63.2 Å². The Kier molecular flexibility index (Phi) is 7.80. The van der Waals surface area contributed by atoms with Crippen LogP contribution in [0.4, 0.5) is 11.6 Å². The van der Waals surface area contributed by atoms with Gasteiger partial charge in [0.1, 0.15) is 5.70 Å². The number of carbonyl (C=O) groups is 2. The minimum atomic E-state index is -1.58. The Morgan fingerprint density at radius 1 is 0.943 bits per heavy atom. The van der Waals surface area contributed by atoms with Crippen molar-refractivity contribution in [3.63, 3.8) is 0 Å². The second-order valence-electron chi connectivity index (χ2n) is 7.33. The zero-order valence-electron chi connectivity index (χ0n) is 18.8. The third-order valence-corrected chi connectivity index (χ3v) is 7.32. The van der Waals surface area contributed by atoms with Crippen LogP contribution in [0.5, 0.6) is 0 Å². The van der Waals surface area contributed by atoms with E-state index in [0.29, 0.717) is 15.5 Å². The Labute approximate surface area is 212 Å². The molecule has 178 valence electrons. The average molecular weight is 524 g/mol. The summed E-state index contributed by atoms with van der Waals surface area (Å²) in [7, 11) is -1.58. The lowest BCUT2D eigenvalue weighted by molar-refractivity contribution is -0.113.